The predicted molar refractivity (Wildman–Crippen MR) is 59.5 cm³/mol. The molecule has 0 aromatic carbocycles. The quantitative estimate of drug-likeness (QED) is 0.777. The third-order valence-electron chi connectivity index (χ3n) is 1.44. The number of hydrogen-bond donors (Lipinski definition) is 0. The SMILES string of the molecule is CCCSc1ccc(Br)c(OC)n1. The third-order valence-corrected chi connectivity index (χ3v) is 3.17. The maximum atomic E-state index is 5.09. The molecule has 1 heterocycles. The first-order chi connectivity index (χ1) is 6.27. The van der Waals surface area contributed by atoms with Gasteiger partial charge in [0.25, 0.3) is 0 Å². The van der Waals surface area contributed by atoms with Crippen molar-refractivity contribution < 1.29 is 4.74 Å². The lowest BCUT2D eigenvalue weighted by molar-refractivity contribution is 0.391. The zero-order valence-electron chi connectivity index (χ0n) is 7.71. The third kappa shape index (κ3) is 3.19. The molecule has 0 saturated carbocycles. The van der Waals surface area contributed by atoms with E-state index in [1.54, 1.807) is 18.9 Å². The molecule has 72 valence electrons. The van der Waals surface area contributed by atoms with Crippen LogP contribution in [0.1, 0.15) is 13.3 Å². The van der Waals surface area contributed by atoms with Gasteiger partial charge in [-0.05, 0) is 40.2 Å². The molecule has 0 aliphatic rings. The Balaban J connectivity index is 2.74. The molecule has 13 heavy (non-hydrogen) atoms. The molecule has 1 rings (SSSR count). The molecule has 0 atom stereocenters. The van der Waals surface area contributed by atoms with Gasteiger partial charge in [0.05, 0.1) is 11.6 Å². The van der Waals surface area contributed by atoms with Crippen molar-refractivity contribution in [2.24, 2.45) is 0 Å². The molecule has 2 nitrogen and oxygen atoms in total. The second-order valence-electron chi connectivity index (χ2n) is 2.49. The largest absolute Gasteiger partial charge is 0.480 e. The van der Waals surface area contributed by atoms with E-state index < -0.39 is 0 Å². The highest BCUT2D eigenvalue weighted by Gasteiger charge is 2.02. The van der Waals surface area contributed by atoms with E-state index in [4.69, 9.17) is 4.74 Å². The topological polar surface area (TPSA) is 22.1 Å². The summed E-state index contributed by atoms with van der Waals surface area (Å²) in [6.45, 7) is 2.16. The number of rotatable bonds is 4. The lowest BCUT2D eigenvalue weighted by Gasteiger charge is -2.04. The maximum absolute atomic E-state index is 5.09. The molecule has 0 N–H and O–H groups in total. The van der Waals surface area contributed by atoms with Crippen LogP contribution >= 0.6 is 27.7 Å². The summed E-state index contributed by atoms with van der Waals surface area (Å²) in [7, 11) is 1.63. The lowest BCUT2D eigenvalue weighted by Crippen LogP contribution is -1.90. The molecule has 0 amide bonds. The number of nitrogens with zero attached hydrogens (tertiary/aromatic N) is 1. The Hall–Kier alpha value is -0.220. The summed E-state index contributed by atoms with van der Waals surface area (Å²) >= 11 is 5.11. The number of pyridine rings is 1. The van der Waals surface area contributed by atoms with Crippen LogP contribution < -0.4 is 4.74 Å². The van der Waals surface area contributed by atoms with E-state index in [1.165, 1.54) is 0 Å². The fourth-order valence-electron chi connectivity index (χ4n) is 0.837. The number of hydrogen-bond acceptors (Lipinski definition) is 3. The monoisotopic (exact) mass is 261 g/mol. The van der Waals surface area contributed by atoms with Crippen LogP contribution in [0, 0.1) is 0 Å². The Morgan fingerprint density at radius 1 is 1.54 bits per heavy atom. The second-order valence-corrected chi connectivity index (χ2v) is 4.46. The summed E-state index contributed by atoms with van der Waals surface area (Å²) in [4.78, 5) is 4.32. The standard InChI is InChI=1S/C9H12BrNOS/c1-3-6-13-8-5-4-7(10)9(11-8)12-2/h4-5H,3,6H2,1-2H3. The predicted octanol–water partition coefficient (Wildman–Crippen LogP) is 3.35. The molecule has 0 radical (unpaired) electrons. The minimum absolute atomic E-state index is 0.654. The summed E-state index contributed by atoms with van der Waals surface area (Å²) in [6, 6.07) is 3.96. The summed E-state index contributed by atoms with van der Waals surface area (Å²) in [5.41, 5.74) is 0. The Morgan fingerprint density at radius 2 is 2.31 bits per heavy atom. The number of ether oxygens (including phenoxy) is 1. The molecule has 0 aliphatic carbocycles. The van der Waals surface area contributed by atoms with Crippen LogP contribution in [0.2, 0.25) is 0 Å². The normalized spacial score (nSPS) is 10.1. The van der Waals surface area contributed by atoms with Crippen LogP contribution in [-0.4, -0.2) is 17.8 Å². The van der Waals surface area contributed by atoms with Crippen LogP contribution in [-0.2, 0) is 0 Å². The van der Waals surface area contributed by atoms with Crippen LogP contribution in [0.25, 0.3) is 0 Å². The first-order valence-electron chi connectivity index (χ1n) is 4.11. The van der Waals surface area contributed by atoms with Gasteiger partial charge in [0.15, 0.2) is 0 Å². The zero-order chi connectivity index (χ0) is 9.68. The van der Waals surface area contributed by atoms with Gasteiger partial charge in [-0.2, -0.15) is 0 Å². The molecule has 0 bridgehead atoms. The minimum atomic E-state index is 0.654. The minimum Gasteiger partial charge on any atom is -0.480 e. The summed E-state index contributed by atoms with van der Waals surface area (Å²) in [5, 5.41) is 1.02. The smallest absolute Gasteiger partial charge is 0.228 e. The molecule has 1 aromatic heterocycles. The fourth-order valence-corrected chi connectivity index (χ4v) is 1.94. The Kier molecular flexibility index (Phi) is 4.59. The molecule has 4 heteroatoms. The van der Waals surface area contributed by atoms with Crippen molar-refractivity contribution in [3.8, 4) is 5.88 Å². The molecule has 0 fully saturated rings. The van der Waals surface area contributed by atoms with Crippen LogP contribution in [0.4, 0.5) is 0 Å². The highest BCUT2D eigenvalue weighted by atomic mass is 79.9. The average molecular weight is 262 g/mol. The number of thioether (sulfide) groups is 1. The number of halogens is 1. The molecule has 0 saturated heterocycles. The number of methoxy groups -OCH3 is 1. The van der Waals surface area contributed by atoms with Crippen molar-refractivity contribution in [2.45, 2.75) is 18.4 Å². The van der Waals surface area contributed by atoms with Crippen molar-refractivity contribution in [3.63, 3.8) is 0 Å². The van der Waals surface area contributed by atoms with Gasteiger partial charge >= 0.3 is 0 Å². The highest BCUT2D eigenvalue weighted by molar-refractivity contribution is 9.10. The van der Waals surface area contributed by atoms with Gasteiger partial charge < -0.3 is 4.74 Å². The van der Waals surface area contributed by atoms with Gasteiger partial charge in [0.2, 0.25) is 5.88 Å². The van der Waals surface area contributed by atoms with Crippen molar-refractivity contribution in [1.29, 1.82) is 0 Å². The van der Waals surface area contributed by atoms with E-state index in [0.717, 1.165) is 21.7 Å². The first kappa shape index (κ1) is 10.9. The van der Waals surface area contributed by atoms with Gasteiger partial charge in [-0.25, -0.2) is 4.98 Å². The number of aromatic nitrogens is 1. The van der Waals surface area contributed by atoms with Gasteiger partial charge in [-0.15, -0.1) is 11.8 Å². The van der Waals surface area contributed by atoms with Crippen molar-refractivity contribution in [1.82, 2.24) is 4.98 Å². The van der Waals surface area contributed by atoms with Crippen molar-refractivity contribution in [3.05, 3.63) is 16.6 Å². The van der Waals surface area contributed by atoms with E-state index in [0.29, 0.717) is 5.88 Å². The molecular weight excluding hydrogens is 250 g/mol. The highest BCUT2D eigenvalue weighted by Crippen LogP contribution is 2.26. The molecule has 0 unspecified atom stereocenters. The summed E-state index contributed by atoms with van der Waals surface area (Å²) in [6.07, 6.45) is 1.16. The van der Waals surface area contributed by atoms with E-state index >= 15 is 0 Å². The van der Waals surface area contributed by atoms with E-state index in [9.17, 15) is 0 Å². The van der Waals surface area contributed by atoms with Gasteiger partial charge in [0.1, 0.15) is 5.03 Å². The average Bonchev–Trinajstić information content (AvgIpc) is 2.16. The van der Waals surface area contributed by atoms with E-state index in [2.05, 4.69) is 27.8 Å². The van der Waals surface area contributed by atoms with Crippen LogP contribution in [0.3, 0.4) is 0 Å². The Labute approximate surface area is 91.2 Å². The molecule has 0 aliphatic heterocycles. The van der Waals surface area contributed by atoms with Gasteiger partial charge in [0, 0.05) is 0 Å². The molecule has 0 spiro atoms. The zero-order valence-corrected chi connectivity index (χ0v) is 10.1. The van der Waals surface area contributed by atoms with Crippen LogP contribution in [0.5, 0.6) is 5.88 Å². The lowest BCUT2D eigenvalue weighted by atomic mass is 10.5. The fraction of sp³-hybridized carbons (Fsp3) is 0.444. The van der Waals surface area contributed by atoms with Gasteiger partial charge in [-0.1, -0.05) is 6.92 Å². The first-order valence-corrected chi connectivity index (χ1v) is 5.89. The Bertz CT molecular complexity index is 280. The van der Waals surface area contributed by atoms with E-state index in [-0.39, 0.29) is 0 Å². The molecule has 1 aromatic rings. The van der Waals surface area contributed by atoms with E-state index in [1.807, 2.05) is 12.1 Å². The summed E-state index contributed by atoms with van der Waals surface area (Å²) < 4.78 is 5.99. The molecular formula is C9H12BrNOS. The second kappa shape index (κ2) is 5.50. The van der Waals surface area contributed by atoms with Gasteiger partial charge in [-0.3, -0.25) is 0 Å². The summed E-state index contributed by atoms with van der Waals surface area (Å²) in [5.74, 6) is 1.75. The van der Waals surface area contributed by atoms with Crippen molar-refractivity contribution in [2.75, 3.05) is 12.9 Å². The van der Waals surface area contributed by atoms with Crippen molar-refractivity contribution >= 4 is 27.7 Å². The Morgan fingerprint density at radius 3 is 2.92 bits per heavy atom. The van der Waals surface area contributed by atoms with Crippen LogP contribution in [0.15, 0.2) is 21.6 Å². The maximum Gasteiger partial charge on any atom is 0.228 e.